The molecule has 2 aromatic rings. The van der Waals surface area contributed by atoms with Crippen molar-refractivity contribution in [2.75, 3.05) is 13.1 Å². The Morgan fingerprint density at radius 1 is 1.25 bits per heavy atom. The maximum Gasteiger partial charge on any atom is 0.451 e. The van der Waals surface area contributed by atoms with E-state index in [0.717, 1.165) is 25.7 Å². The van der Waals surface area contributed by atoms with Gasteiger partial charge in [-0.1, -0.05) is 36.2 Å². The molecule has 8 heteroatoms. The molecule has 2 aliphatic rings. The van der Waals surface area contributed by atoms with Crippen LogP contribution in [0.4, 0.5) is 13.2 Å². The van der Waals surface area contributed by atoms with Crippen molar-refractivity contribution in [3.63, 3.8) is 0 Å². The van der Waals surface area contributed by atoms with Gasteiger partial charge < -0.3 is 10.3 Å². The fraction of sp³-hybridized carbons (Fsp3) is 0.600. The average molecular weight is 393 g/mol. The van der Waals surface area contributed by atoms with Crippen molar-refractivity contribution < 1.29 is 13.2 Å². The van der Waals surface area contributed by atoms with Crippen LogP contribution in [-0.4, -0.2) is 38.8 Å². The summed E-state index contributed by atoms with van der Waals surface area (Å²) in [6.07, 6.45) is -0.391. The second-order valence-electron chi connectivity index (χ2n) is 8.16. The molecular formula is C20H26F3N5. The Bertz CT molecular complexity index is 847. The third-order valence-corrected chi connectivity index (χ3v) is 6.39. The lowest BCUT2D eigenvalue weighted by atomic mass is 9.67. The number of nitrogens with two attached hydrogens (primary N) is 1. The SMILES string of the molecule is Cc1cccc([C@]2(CN)CCC[C@@H](N3CCn4c(nnc4C(F)(F)F)C3)C2)c1. The fourth-order valence-corrected chi connectivity index (χ4v) is 4.88. The molecule has 1 aliphatic heterocycles. The average Bonchev–Trinajstić information content (AvgIpc) is 3.11. The van der Waals surface area contributed by atoms with Gasteiger partial charge in [-0.25, -0.2) is 0 Å². The predicted octanol–water partition coefficient (Wildman–Crippen LogP) is 3.26. The van der Waals surface area contributed by atoms with E-state index in [1.54, 1.807) is 0 Å². The standard InChI is InChI=1S/C20H26F3N5/c1-14-4-2-5-15(10-14)19(13-24)7-3-6-16(11-19)27-8-9-28-17(12-27)25-26-18(28)20(21,22)23/h2,4-5,10,16H,3,6-9,11-13,24H2,1H3/t16-,19-/m1/s1. The highest BCUT2D eigenvalue weighted by atomic mass is 19.4. The molecule has 1 aromatic carbocycles. The molecule has 4 rings (SSSR count). The number of nitrogens with zero attached hydrogens (tertiary/aromatic N) is 4. The van der Waals surface area contributed by atoms with Gasteiger partial charge >= 0.3 is 6.18 Å². The van der Waals surface area contributed by atoms with Crippen molar-refractivity contribution in [3.05, 3.63) is 47.0 Å². The van der Waals surface area contributed by atoms with E-state index in [0.29, 0.717) is 25.5 Å². The van der Waals surface area contributed by atoms with Gasteiger partial charge in [0.25, 0.3) is 0 Å². The molecule has 152 valence electrons. The van der Waals surface area contributed by atoms with Crippen LogP contribution in [0.25, 0.3) is 0 Å². The minimum absolute atomic E-state index is 0.0722. The smallest absolute Gasteiger partial charge is 0.330 e. The first-order valence-electron chi connectivity index (χ1n) is 9.83. The van der Waals surface area contributed by atoms with Crippen molar-refractivity contribution >= 4 is 0 Å². The monoisotopic (exact) mass is 393 g/mol. The summed E-state index contributed by atoms with van der Waals surface area (Å²) in [6, 6.07) is 8.83. The Hall–Kier alpha value is -1.93. The molecular weight excluding hydrogens is 367 g/mol. The minimum Gasteiger partial charge on any atom is -0.330 e. The zero-order valence-corrected chi connectivity index (χ0v) is 16.0. The lowest BCUT2D eigenvalue weighted by Gasteiger charge is -2.45. The summed E-state index contributed by atoms with van der Waals surface area (Å²) < 4.78 is 40.5. The van der Waals surface area contributed by atoms with Crippen LogP contribution in [0.1, 0.15) is 48.5 Å². The maximum atomic E-state index is 13.1. The van der Waals surface area contributed by atoms with E-state index in [1.165, 1.54) is 15.7 Å². The van der Waals surface area contributed by atoms with Crippen LogP contribution in [0, 0.1) is 6.92 Å². The Balaban J connectivity index is 1.55. The summed E-state index contributed by atoms with van der Waals surface area (Å²) in [4.78, 5) is 2.27. The van der Waals surface area contributed by atoms with E-state index in [9.17, 15) is 13.2 Å². The Labute approximate surface area is 162 Å². The maximum absolute atomic E-state index is 13.1. The van der Waals surface area contributed by atoms with Crippen LogP contribution in [0.2, 0.25) is 0 Å². The van der Waals surface area contributed by atoms with Gasteiger partial charge in [0.15, 0.2) is 0 Å². The second kappa shape index (κ2) is 7.15. The highest BCUT2D eigenvalue weighted by Crippen LogP contribution is 2.41. The molecule has 1 aliphatic carbocycles. The predicted molar refractivity (Wildman–Crippen MR) is 99.6 cm³/mol. The topological polar surface area (TPSA) is 60.0 Å². The molecule has 0 bridgehead atoms. The van der Waals surface area contributed by atoms with Crippen molar-refractivity contribution in [2.24, 2.45) is 5.73 Å². The van der Waals surface area contributed by atoms with Gasteiger partial charge in [0, 0.05) is 31.1 Å². The molecule has 0 radical (unpaired) electrons. The number of alkyl halides is 3. The molecule has 0 spiro atoms. The zero-order chi connectivity index (χ0) is 19.9. The van der Waals surface area contributed by atoms with E-state index < -0.39 is 12.0 Å². The molecule has 0 amide bonds. The summed E-state index contributed by atoms with van der Waals surface area (Å²) in [5.41, 5.74) is 8.70. The normalized spacial score (nSPS) is 26.2. The first-order chi connectivity index (χ1) is 13.3. The molecule has 2 atom stereocenters. The van der Waals surface area contributed by atoms with E-state index >= 15 is 0 Å². The van der Waals surface area contributed by atoms with Gasteiger partial charge in [0.1, 0.15) is 5.82 Å². The molecule has 0 unspecified atom stereocenters. The number of halogens is 3. The van der Waals surface area contributed by atoms with Crippen LogP contribution in [-0.2, 0) is 24.7 Å². The van der Waals surface area contributed by atoms with Crippen molar-refractivity contribution in [1.29, 1.82) is 0 Å². The van der Waals surface area contributed by atoms with E-state index in [4.69, 9.17) is 5.73 Å². The zero-order valence-electron chi connectivity index (χ0n) is 16.0. The lowest BCUT2D eigenvalue weighted by Crippen LogP contribution is -2.49. The summed E-state index contributed by atoms with van der Waals surface area (Å²) >= 11 is 0. The summed E-state index contributed by atoms with van der Waals surface area (Å²) in [6.45, 7) is 3.92. The number of aromatic nitrogens is 3. The van der Waals surface area contributed by atoms with Gasteiger partial charge in [-0.05, 0) is 31.7 Å². The number of hydrogen-bond donors (Lipinski definition) is 1. The first-order valence-corrected chi connectivity index (χ1v) is 9.83. The van der Waals surface area contributed by atoms with Crippen LogP contribution in [0.3, 0.4) is 0 Å². The van der Waals surface area contributed by atoms with Gasteiger partial charge in [-0.3, -0.25) is 4.90 Å². The lowest BCUT2D eigenvalue weighted by molar-refractivity contribution is -0.148. The van der Waals surface area contributed by atoms with Crippen LogP contribution >= 0.6 is 0 Å². The highest BCUT2D eigenvalue weighted by molar-refractivity contribution is 5.31. The molecule has 2 N–H and O–H groups in total. The van der Waals surface area contributed by atoms with Gasteiger partial charge in [-0.15, -0.1) is 10.2 Å². The molecule has 1 saturated carbocycles. The van der Waals surface area contributed by atoms with Crippen LogP contribution in [0.5, 0.6) is 0 Å². The summed E-state index contributed by atoms with van der Waals surface area (Å²) in [5.74, 6) is -0.486. The Morgan fingerprint density at radius 2 is 2.07 bits per heavy atom. The number of aryl methyl sites for hydroxylation is 1. The quantitative estimate of drug-likeness (QED) is 0.870. The van der Waals surface area contributed by atoms with Crippen molar-refractivity contribution in [2.45, 2.75) is 63.3 Å². The minimum atomic E-state index is -4.46. The Kier molecular flexibility index (Phi) is 4.95. The highest BCUT2D eigenvalue weighted by Gasteiger charge is 2.42. The van der Waals surface area contributed by atoms with E-state index in [2.05, 4.69) is 46.3 Å². The molecule has 1 aromatic heterocycles. The fourth-order valence-electron chi connectivity index (χ4n) is 4.88. The van der Waals surface area contributed by atoms with Gasteiger partial charge in [-0.2, -0.15) is 13.2 Å². The summed E-state index contributed by atoms with van der Waals surface area (Å²) in [5, 5.41) is 7.21. The first kappa shape index (κ1) is 19.4. The van der Waals surface area contributed by atoms with Gasteiger partial charge in [0.2, 0.25) is 5.82 Å². The summed E-state index contributed by atoms with van der Waals surface area (Å²) in [7, 11) is 0. The third kappa shape index (κ3) is 3.43. The molecule has 0 saturated heterocycles. The molecule has 28 heavy (non-hydrogen) atoms. The largest absolute Gasteiger partial charge is 0.451 e. The van der Waals surface area contributed by atoms with Crippen molar-refractivity contribution in [1.82, 2.24) is 19.7 Å². The Morgan fingerprint density at radius 3 is 2.79 bits per heavy atom. The number of rotatable bonds is 3. The van der Waals surface area contributed by atoms with Crippen LogP contribution < -0.4 is 5.73 Å². The number of hydrogen-bond acceptors (Lipinski definition) is 4. The number of fused-ring (bicyclic) bond motifs is 1. The molecule has 1 fully saturated rings. The van der Waals surface area contributed by atoms with E-state index in [1.807, 2.05) is 0 Å². The number of benzene rings is 1. The molecule has 5 nitrogen and oxygen atoms in total. The van der Waals surface area contributed by atoms with Crippen LogP contribution in [0.15, 0.2) is 24.3 Å². The third-order valence-electron chi connectivity index (χ3n) is 6.39. The van der Waals surface area contributed by atoms with Gasteiger partial charge in [0.05, 0.1) is 6.54 Å². The van der Waals surface area contributed by atoms with E-state index in [-0.39, 0.29) is 18.0 Å². The molecule has 2 heterocycles. The van der Waals surface area contributed by atoms with Crippen molar-refractivity contribution in [3.8, 4) is 0 Å². The second-order valence-corrected chi connectivity index (χ2v) is 8.16.